The van der Waals surface area contributed by atoms with Crippen LogP contribution >= 0.6 is 0 Å². The van der Waals surface area contributed by atoms with Crippen molar-refractivity contribution in [1.82, 2.24) is 14.5 Å². The van der Waals surface area contributed by atoms with Gasteiger partial charge in [-0.25, -0.2) is 4.79 Å². The highest BCUT2D eigenvalue weighted by molar-refractivity contribution is 5.38. The molecule has 2 heterocycles. The summed E-state index contributed by atoms with van der Waals surface area (Å²) in [6.07, 6.45) is 2.37. The van der Waals surface area contributed by atoms with E-state index >= 15 is 0 Å². The molecule has 0 amide bonds. The number of nitrogen functional groups attached to an aromatic ring is 1. The van der Waals surface area contributed by atoms with Crippen molar-refractivity contribution in [1.29, 1.82) is 0 Å². The number of aromatic nitrogens is 2. The van der Waals surface area contributed by atoms with Gasteiger partial charge in [-0.15, -0.1) is 0 Å². The van der Waals surface area contributed by atoms with Crippen LogP contribution in [0, 0.1) is 5.92 Å². The van der Waals surface area contributed by atoms with E-state index in [1.807, 2.05) is 13.8 Å². The highest BCUT2D eigenvalue weighted by Crippen LogP contribution is 2.19. The van der Waals surface area contributed by atoms with Crippen LogP contribution in [0.1, 0.15) is 45.2 Å². The molecule has 20 heavy (non-hydrogen) atoms. The quantitative estimate of drug-likeness (QED) is 0.862. The van der Waals surface area contributed by atoms with Gasteiger partial charge in [0.15, 0.2) is 0 Å². The van der Waals surface area contributed by atoms with Crippen LogP contribution in [0.5, 0.6) is 0 Å². The zero-order valence-corrected chi connectivity index (χ0v) is 12.5. The van der Waals surface area contributed by atoms with Crippen molar-refractivity contribution in [2.75, 3.05) is 18.8 Å². The van der Waals surface area contributed by atoms with E-state index in [0.29, 0.717) is 23.8 Å². The summed E-state index contributed by atoms with van der Waals surface area (Å²) in [5.41, 5.74) is 5.77. The minimum Gasteiger partial charge on any atom is -0.385 e. The summed E-state index contributed by atoms with van der Waals surface area (Å²) in [4.78, 5) is 28.4. The number of nitrogens with one attached hydrogen (secondary N) is 1. The van der Waals surface area contributed by atoms with Gasteiger partial charge in [0.1, 0.15) is 5.82 Å². The van der Waals surface area contributed by atoms with Gasteiger partial charge < -0.3 is 5.73 Å². The molecule has 1 aromatic heterocycles. The monoisotopic (exact) mass is 280 g/mol. The maximum atomic E-state index is 12.0. The number of hydrogen-bond donors (Lipinski definition) is 2. The van der Waals surface area contributed by atoms with Crippen LogP contribution in [0.15, 0.2) is 9.59 Å². The molecule has 1 fully saturated rings. The van der Waals surface area contributed by atoms with Crippen molar-refractivity contribution in [3.63, 3.8) is 0 Å². The minimum atomic E-state index is -0.432. The Bertz CT molecular complexity index is 588. The second-order valence-corrected chi connectivity index (χ2v) is 6.07. The maximum absolute atomic E-state index is 12.0. The molecule has 0 spiro atoms. The molecule has 0 bridgehead atoms. The molecule has 1 aromatic rings. The molecule has 1 aliphatic heterocycles. The largest absolute Gasteiger partial charge is 0.385 e. The van der Waals surface area contributed by atoms with Crippen LogP contribution in [-0.2, 0) is 6.54 Å². The fourth-order valence-electron chi connectivity index (χ4n) is 2.92. The Labute approximate surface area is 118 Å². The van der Waals surface area contributed by atoms with Crippen LogP contribution < -0.4 is 17.0 Å². The molecule has 1 aliphatic rings. The third kappa shape index (κ3) is 2.95. The smallest absolute Gasteiger partial charge is 0.330 e. The van der Waals surface area contributed by atoms with Gasteiger partial charge in [-0.2, -0.15) is 0 Å². The lowest BCUT2D eigenvalue weighted by Crippen LogP contribution is -2.40. The Morgan fingerprint density at radius 1 is 1.40 bits per heavy atom. The van der Waals surface area contributed by atoms with Crippen molar-refractivity contribution in [2.24, 2.45) is 5.92 Å². The molecule has 0 saturated carbocycles. The molecule has 0 radical (unpaired) electrons. The van der Waals surface area contributed by atoms with Crippen LogP contribution in [0.4, 0.5) is 5.82 Å². The number of likely N-dealkylation sites (tertiary alicyclic amines) is 1. The van der Waals surface area contributed by atoms with Crippen molar-refractivity contribution in [3.05, 3.63) is 26.4 Å². The standard InChI is InChI=1S/C14H24N4O2/c1-9(2)18-12(15)11(13(19)16-14(18)20)8-17-6-4-5-10(3)7-17/h9-10H,4-8,15H2,1-3H3,(H,16,19,20). The molecule has 1 atom stereocenters. The number of rotatable bonds is 3. The summed E-state index contributed by atoms with van der Waals surface area (Å²) in [5, 5.41) is 0. The Hall–Kier alpha value is -1.56. The summed E-state index contributed by atoms with van der Waals surface area (Å²) >= 11 is 0. The fourth-order valence-corrected chi connectivity index (χ4v) is 2.92. The van der Waals surface area contributed by atoms with Crippen LogP contribution in [-0.4, -0.2) is 27.5 Å². The minimum absolute atomic E-state index is 0.0709. The van der Waals surface area contributed by atoms with E-state index in [1.54, 1.807) is 0 Å². The lowest BCUT2D eigenvalue weighted by molar-refractivity contribution is 0.176. The summed E-state index contributed by atoms with van der Waals surface area (Å²) in [6.45, 7) is 8.43. The molecule has 1 unspecified atom stereocenters. The molecular formula is C14H24N4O2. The number of hydrogen-bond acceptors (Lipinski definition) is 4. The van der Waals surface area contributed by atoms with Gasteiger partial charge in [0, 0.05) is 19.1 Å². The first-order valence-corrected chi connectivity index (χ1v) is 7.25. The lowest BCUT2D eigenvalue weighted by Gasteiger charge is -2.31. The molecular weight excluding hydrogens is 256 g/mol. The van der Waals surface area contributed by atoms with Gasteiger partial charge in [0.2, 0.25) is 0 Å². The normalized spacial score (nSPS) is 20.5. The van der Waals surface area contributed by atoms with Crippen molar-refractivity contribution >= 4 is 5.82 Å². The number of anilines is 1. The highest BCUT2D eigenvalue weighted by Gasteiger charge is 2.20. The summed E-state index contributed by atoms with van der Waals surface area (Å²) in [5.74, 6) is 0.937. The zero-order chi connectivity index (χ0) is 14.9. The van der Waals surface area contributed by atoms with E-state index in [1.165, 1.54) is 11.0 Å². The lowest BCUT2D eigenvalue weighted by atomic mass is 10.00. The van der Waals surface area contributed by atoms with Gasteiger partial charge in [-0.1, -0.05) is 6.92 Å². The van der Waals surface area contributed by atoms with Crippen LogP contribution in [0.2, 0.25) is 0 Å². The van der Waals surface area contributed by atoms with Gasteiger partial charge in [0.05, 0.1) is 5.56 Å². The number of nitrogens with two attached hydrogens (primary N) is 1. The Kier molecular flexibility index (Phi) is 4.32. The molecule has 6 heteroatoms. The van der Waals surface area contributed by atoms with Crippen molar-refractivity contribution < 1.29 is 0 Å². The predicted molar refractivity (Wildman–Crippen MR) is 79.8 cm³/mol. The molecule has 0 aliphatic carbocycles. The Morgan fingerprint density at radius 3 is 2.70 bits per heavy atom. The molecule has 0 aromatic carbocycles. The average molecular weight is 280 g/mol. The number of nitrogens with zero attached hydrogens (tertiary/aromatic N) is 2. The van der Waals surface area contributed by atoms with Gasteiger partial charge in [0.25, 0.3) is 5.56 Å². The molecule has 112 valence electrons. The fraction of sp³-hybridized carbons (Fsp3) is 0.714. The van der Waals surface area contributed by atoms with Crippen LogP contribution in [0.25, 0.3) is 0 Å². The first kappa shape index (κ1) is 14.8. The van der Waals surface area contributed by atoms with E-state index in [9.17, 15) is 9.59 Å². The van der Waals surface area contributed by atoms with Gasteiger partial charge in [-0.3, -0.25) is 19.2 Å². The maximum Gasteiger partial charge on any atom is 0.330 e. The Balaban J connectivity index is 2.34. The summed E-state index contributed by atoms with van der Waals surface area (Å²) in [7, 11) is 0. The topological polar surface area (TPSA) is 84.1 Å². The average Bonchev–Trinajstić information content (AvgIpc) is 2.33. The molecule has 1 saturated heterocycles. The first-order valence-electron chi connectivity index (χ1n) is 7.25. The summed E-state index contributed by atoms with van der Waals surface area (Å²) in [6, 6.07) is -0.0709. The number of aromatic amines is 1. The highest BCUT2D eigenvalue weighted by atomic mass is 16.2. The van der Waals surface area contributed by atoms with Gasteiger partial charge >= 0.3 is 5.69 Å². The SMILES string of the molecule is CC1CCCN(Cc2c(N)n(C(C)C)c(=O)[nH]c2=O)C1. The second kappa shape index (κ2) is 5.83. The Morgan fingerprint density at radius 2 is 2.10 bits per heavy atom. The van der Waals surface area contributed by atoms with E-state index < -0.39 is 5.69 Å². The third-order valence-electron chi connectivity index (χ3n) is 3.92. The zero-order valence-electron chi connectivity index (χ0n) is 12.5. The number of piperidine rings is 1. The molecule has 6 nitrogen and oxygen atoms in total. The summed E-state index contributed by atoms with van der Waals surface area (Å²) < 4.78 is 1.45. The van der Waals surface area contributed by atoms with Crippen LogP contribution in [0.3, 0.4) is 0 Å². The number of H-pyrrole nitrogens is 1. The predicted octanol–water partition coefficient (Wildman–Crippen LogP) is 0.932. The molecule has 2 rings (SSSR count). The molecule has 3 N–H and O–H groups in total. The van der Waals surface area contributed by atoms with E-state index in [2.05, 4.69) is 16.8 Å². The van der Waals surface area contributed by atoms with E-state index in [4.69, 9.17) is 5.73 Å². The van der Waals surface area contributed by atoms with Gasteiger partial charge in [-0.05, 0) is 39.2 Å². The second-order valence-electron chi connectivity index (χ2n) is 6.07. The first-order chi connectivity index (χ1) is 9.40. The van der Waals surface area contributed by atoms with E-state index in [0.717, 1.165) is 19.5 Å². The van der Waals surface area contributed by atoms with Crippen molar-refractivity contribution in [2.45, 2.75) is 46.2 Å². The van der Waals surface area contributed by atoms with Crippen molar-refractivity contribution in [3.8, 4) is 0 Å². The third-order valence-corrected chi connectivity index (χ3v) is 3.92. The van der Waals surface area contributed by atoms with E-state index in [-0.39, 0.29) is 11.6 Å².